The molecule has 7 atom stereocenters. The number of nitrogens with zero attached hydrogens (tertiary/aromatic N) is 4. The predicted octanol–water partition coefficient (Wildman–Crippen LogP) is -0.248. The molecule has 3 aliphatic rings. The van der Waals surface area contributed by atoms with E-state index in [9.17, 15) is 20.4 Å². The Labute approximate surface area is 173 Å². The third-order valence-electron chi connectivity index (χ3n) is 8.82. The van der Waals surface area contributed by atoms with Crippen LogP contribution in [-0.2, 0) is 10.5 Å². The average Bonchev–Trinajstić information content (AvgIpc) is 3.35. The second-order valence-electron chi connectivity index (χ2n) is 9.87. The van der Waals surface area contributed by atoms with Gasteiger partial charge in [-0.1, -0.05) is 20.8 Å². The number of aliphatic hydroxyl groups is 4. The van der Waals surface area contributed by atoms with Crippen LogP contribution in [0.1, 0.15) is 40.0 Å². The van der Waals surface area contributed by atoms with Crippen LogP contribution in [0.4, 0.5) is 5.82 Å². The van der Waals surface area contributed by atoms with E-state index in [0.717, 1.165) is 12.8 Å². The molecule has 3 unspecified atom stereocenters. The topological polar surface area (TPSA) is 160 Å². The summed E-state index contributed by atoms with van der Waals surface area (Å²) in [4.78, 5) is 12.6. The lowest BCUT2D eigenvalue weighted by molar-refractivity contribution is -0.295. The van der Waals surface area contributed by atoms with Gasteiger partial charge in [0.1, 0.15) is 35.8 Å². The van der Waals surface area contributed by atoms with E-state index in [1.807, 2.05) is 6.92 Å². The van der Waals surface area contributed by atoms with Crippen LogP contribution in [0.3, 0.4) is 0 Å². The Bertz CT molecular complexity index is 1010. The smallest absolute Gasteiger partial charge is 0.206 e. The molecule has 2 aromatic rings. The maximum absolute atomic E-state index is 12.4. The number of hydrogen-bond donors (Lipinski definition) is 5. The highest BCUT2D eigenvalue weighted by Crippen LogP contribution is 2.74. The molecule has 0 aromatic carbocycles. The van der Waals surface area contributed by atoms with Crippen LogP contribution in [-0.4, -0.2) is 70.5 Å². The van der Waals surface area contributed by atoms with Gasteiger partial charge in [-0.05, 0) is 30.6 Å². The molecule has 3 heterocycles. The second kappa shape index (κ2) is 5.89. The van der Waals surface area contributed by atoms with Crippen LogP contribution in [0.25, 0.3) is 11.2 Å². The molecule has 0 spiro atoms. The minimum Gasteiger partial charge on any atom is -0.394 e. The Hall–Kier alpha value is -1.85. The third-order valence-corrected chi connectivity index (χ3v) is 8.82. The van der Waals surface area contributed by atoms with Crippen LogP contribution < -0.4 is 5.73 Å². The molecule has 3 fully saturated rings. The first kappa shape index (κ1) is 20.1. The van der Waals surface area contributed by atoms with Gasteiger partial charge in [0, 0.05) is 5.41 Å². The number of hydrogen-bond acceptors (Lipinski definition) is 9. The number of nitrogen functional groups attached to an aromatic ring is 1. The van der Waals surface area contributed by atoms with Crippen molar-refractivity contribution < 1.29 is 25.2 Å². The van der Waals surface area contributed by atoms with E-state index in [0.29, 0.717) is 11.9 Å². The Balaban J connectivity index is 1.81. The molecule has 10 heteroatoms. The standard InChI is InChI=1S/C20H29N5O5/c1-17(2)10-4-5-18(17,3)19(29,6-10)20(14(28)13(27)11(7-26)30-20)25-9-24-12-15(21)22-8-23-16(12)25/h8-11,13-14,26-29H,4-7H2,1-3H3,(H2,21,22,23)/t10?,11-,13-,14-,18?,19?,20+/m1/s1. The first-order valence-corrected chi connectivity index (χ1v) is 10.4. The number of fused-ring (bicyclic) bond motifs is 3. The van der Waals surface area contributed by atoms with Gasteiger partial charge in [-0.3, -0.25) is 4.57 Å². The molecule has 2 saturated carbocycles. The predicted molar refractivity (Wildman–Crippen MR) is 106 cm³/mol. The molecule has 2 aliphatic carbocycles. The first-order chi connectivity index (χ1) is 14.0. The van der Waals surface area contributed by atoms with Gasteiger partial charge in [-0.25, -0.2) is 15.0 Å². The van der Waals surface area contributed by atoms with Crippen molar-refractivity contribution in [3.63, 3.8) is 0 Å². The lowest BCUT2D eigenvalue weighted by Gasteiger charge is -2.55. The van der Waals surface area contributed by atoms with Crippen molar-refractivity contribution in [2.24, 2.45) is 16.7 Å². The molecular formula is C20H29N5O5. The highest BCUT2D eigenvalue weighted by Gasteiger charge is 2.79. The van der Waals surface area contributed by atoms with Crippen molar-refractivity contribution in [2.45, 2.75) is 69.7 Å². The number of ether oxygens (including phenoxy) is 1. The zero-order valence-electron chi connectivity index (χ0n) is 17.4. The second-order valence-corrected chi connectivity index (χ2v) is 9.87. The molecule has 164 valence electrons. The first-order valence-electron chi connectivity index (χ1n) is 10.4. The maximum Gasteiger partial charge on any atom is 0.206 e. The number of anilines is 1. The molecule has 6 N–H and O–H groups in total. The summed E-state index contributed by atoms with van der Waals surface area (Å²) in [6.45, 7) is 5.76. The molecule has 30 heavy (non-hydrogen) atoms. The van der Waals surface area contributed by atoms with Crippen molar-refractivity contribution in [3.05, 3.63) is 12.7 Å². The summed E-state index contributed by atoms with van der Waals surface area (Å²) in [6.07, 6.45) is 0.756. The highest BCUT2D eigenvalue weighted by atomic mass is 16.6. The van der Waals surface area contributed by atoms with Gasteiger partial charge in [0.2, 0.25) is 5.72 Å². The van der Waals surface area contributed by atoms with Crippen LogP contribution in [0.2, 0.25) is 0 Å². The molecule has 2 aromatic heterocycles. The van der Waals surface area contributed by atoms with Crippen LogP contribution >= 0.6 is 0 Å². The Morgan fingerprint density at radius 3 is 2.53 bits per heavy atom. The van der Waals surface area contributed by atoms with Gasteiger partial charge < -0.3 is 30.9 Å². The molecule has 1 aliphatic heterocycles. The SMILES string of the molecule is CC1(C)C2CCC1(C)C(O)([C@@]1(n3cnc4c(N)ncnc43)O[C@H](CO)[C@@H](O)[C@H]1O)C2. The van der Waals surface area contributed by atoms with Gasteiger partial charge in [-0.2, -0.15) is 0 Å². The minimum atomic E-state index is -1.81. The van der Waals surface area contributed by atoms with Gasteiger partial charge >= 0.3 is 0 Å². The van der Waals surface area contributed by atoms with Crippen molar-refractivity contribution in [1.82, 2.24) is 19.5 Å². The van der Waals surface area contributed by atoms with Crippen molar-refractivity contribution in [3.8, 4) is 0 Å². The van der Waals surface area contributed by atoms with E-state index in [2.05, 4.69) is 28.8 Å². The molecule has 1 saturated heterocycles. The Morgan fingerprint density at radius 1 is 1.23 bits per heavy atom. The summed E-state index contributed by atoms with van der Waals surface area (Å²) in [5.74, 6) is 0.368. The molecular weight excluding hydrogens is 390 g/mol. The van der Waals surface area contributed by atoms with Crippen LogP contribution in [0, 0.1) is 16.7 Å². The normalized spacial score (nSPS) is 44.9. The van der Waals surface area contributed by atoms with Crippen molar-refractivity contribution in [2.75, 3.05) is 12.3 Å². The van der Waals surface area contributed by atoms with Crippen LogP contribution in [0.15, 0.2) is 12.7 Å². The van der Waals surface area contributed by atoms with E-state index in [4.69, 9.17) is 10.5 Å². The van der Waals surface area contributed by atoms with E-state index >= 15 is 0 Å². The fraction of sp³-hybridized carbons (Fsp3) is 0.750. The molecule has 0 amide bonds. The quantitative estimate of drug-likeness (QED) is 0.452. The number of imidazole rings is 1. The van der Waals surface area contributed by atoms with Crippen LogP contribution in [0.5, 0.6) is 0 Å². The number of nitrogens with two attached hydrogens (primary N) is 1. The summed E-state index contributed by atoms with van der Waals surface area (Å²) in [7, 11) is 0. The largest absolute Gasteiger partial charge is 0.394 e. The van der Waals surface area contributed by atoms with E-state index < -0.39 is 41.7 Å². The highest BCUT2D eigenvalue weighted by molar-refractivity contribution is 5.81. The fourth-order valence-corrected chi connectivity index (χ4v) is 6.60. The van der Waals surface area contributed by atoms with Crippen molar-refractivity contribution in [1.29, 1.82) is 0 Å². The Morgan fingerprint density at radius 2 is 1.97 bits per heavy atom. The molecule has 0 radical (unpaired) electrons. The third kappa shape index (κ3) is 1.95. The monoisotopic (exact) mass is 419 g/mol. The minimum absolute atomic E-state index is 0.159. The molecule has 10 nitrogen and oxygen atoms in total. The van der Waals surface area contributed by atoms with Gasteiger partial charge in [0.15, 0.2) is 11.5 Å². The average molecular weight is 419 g/mol. The van der Waals surface area contributed by atoms with Crippen molar-refractivity contribution >= 4 is 17.0 Å². The number of aliphatic hydroxyl groups excluding tert-OH is 3. The van der Waals surface area contributed by atoms with Gasteiger partial charge in [0.05, 0.1) is 12.9 Å². The lowest BCUT2D eigenvalue weighted by atomic mass is 9.60. The lowest BCUT2D eigenvalue weighted by Crippen LogP contribution is -2.68. The van der Waals surface area contributed by atoms with Gasteiger partial charge in [0.25, 0.3) is 0 Å². The summed E-state index contributed by atoms with van der Waals surface area (Å²) < 4.78 is 7.71. The zero-order valence-corrected chi connectivity index (χ0v) is 17.4. The zero-order chi connectivity index (χ0) is 21.7. The van der Waals surface area contributed by atoms with Gasteiger partial charge in [-0.15, -0.1) is 0 Å². The van der Waals surface area contributed by atoms with E-state index in [1.165, 1.54) is 17.2 Å². The number of rotatable bonds is 3. The summed E-state index contributed by atoms with van der Waals surface area (Å²) in [5.41, 5.74) is 2.31. The fourth-order valence-electron chi connectivity index (χ4n) is 6.60. The summed E-state index contributed by atoms with van der Waals surface area (Å²) in [6, 6.07) is 0. The Kier molecular flexibility index (Phi) is 3.94. The molecule has 2 bridgehead atoms. The van der Waals surface area contributed by atoms with E-state index in [-0.39, 0.29) is 22.8 Å². The maximum atomic E-state index is 12.4. The summed E-state index contributed by atoms with van der Waals surface area (Å²) >= 11 is 0. The molecule has 5 rings (SSSR count). The summed E-state index contributed by atoms with van der Waals surface area (Å²) in [5, 5.41) is 44.4. The van der Waals surface area contributed by atoms with E-state index in [1.54, 1.807) is 0 Å². The number of aromatic nitrogens is 4.